The van der Waals surface area contributed by atoms with Crippen LogP contribution in [0, 0.1) is 10.1 Å². The van der Waals surface area contributed by atoms with Crippen molar-refractivity contribution in [3.63, 3.8) is 0 Å². The number of nitrogens with one attached hydrogen (secondary N) is 1. The van der Waals surface area contributed by atoms with Crippen molar-refractivity contribution < 1.29 is 4.92 Å². The summed E-state index contributed by atoms with van der Waals surface area (Å²) in [7, 11) is 0. The Balaban J connectivity index is 1.56. The lowest BCUT2D eigenvalue weighted by Gasteiger charge is -2.10. The molecule has 21 heavy (non-hydrogen) atoms. The fourth-order valence-corrected chi connectivity index (χ4v) is 2.40. The molecule has 0 bridgehead atoms. The molecule has 5 heteroatoms. The SMILES string of the molecule is O=[N+]([O-])c1ccc(CCn2cccc2CNC2CC2)cc1. The number of non-ortho nitro benzene ring substituents is 1. The molecule has 1 aromatic heterocycles. The van der Waals surface area contributed by atoms with Crippen LogP contribution in [0.3, 0.4) is 0 Å². The Morgan fingerprint density at radius 2 is 2.00 bits per heavy atom. The molecule has 2 aromatic rings. The van der Waals surface area contributed by atoms with Crippen LogP contribution in [0.4, 0.5) is 5.69 Å². The molecule has 5 nitrogen and oxygen atoms in total. The van der Waals surface area contributed by atoms with Gasteiger partial charge in [-0.2, -0.15) is 0 Å². The minimum atomic E-state index is -0.364. The Hall–Kier alpha value is -2.14. The number of nitro benzene ring substituents is 1. The van der Waals surface area contributed by atoms with Crippen LogP contribution in [0.2, 0.25) is 0 Å². The first-order chi connectivity index (χ1) is 10.2. The second kappa shape index (κ2) is 6.10. The highest BCUT2D eigenvalue weighted by Gasteiger charge is 2.20. The van der Waals surface area contributed by atoms with Crippen molar-refractivity contribution >= 4 is 5.69 Å². The second-order valence-corrected chi connectivity index (χ2v) is 5.52. The predicted octanol–water partition coefficient (Wildman–Crippen LogP) is 2.89. The molecule has 3 rings (SSSR count). The summed E-state index contributed by atoms with van der Waals surface area (Å²) >= 11 is 0. The topological polar surface area (TPSA) is 60.1 Å². The van der Waals surface area contributed by atoms with Crippen molar-refractivity contribution in [2.75, 3.05) is 0 Å². The first-order valence-corrected chi connectivity index (χ1v) is 7.33. The predicted molar refractivity (Wildman–Crippen MR) is 81.1 cm³/mol. The van der Waals surface area contributed by atoms with E-state index < -0.39 is 0 Å². The zero-order chi connectivity index (χ0) is 14.7. The highest BCUT2D eigenvalue weighted by molar-refractivity contribution is 5.32. The largest absolute Gasteiger partial charge is 0.350 e. The van der Waals surface area contributed by atoms with Crippen molar-refractivity contribution in [3.8, 4) is 0 Å². The van der Waals surface area contributed by atoms with Gasteiger partial charge in [-0.25, -0.2) is 0 Å². The highest BCUT2D eigenvalue weighted by atomic mass is 16.6. The molecule has 1 N–H and O–H groups in total. The molecule has 0 saturated heterocycles. The van der Waals surface area contributed by atoms with E-state index in [1.165, 1.54) is 18.5 Å². The van der Waals surface area contributed by atoms with Gasteiger partial charge in [0.25, 0.3) is 5.69 Å². The van der Waals surface area contributed by atoms with Gasteiger partial charge in [-0.3, -0.25) is 10.1 Å². The Bertz CT molecular complexity index is 615. The smallest absolute Gasteiger partial charge is 0.269 e. The van der Waals surface area contributed by atoms with E-state index in [-0.39, 0.29) is 10.6 Å². The standard InChI is InChI=1S/C16H19N3O2/c20-19(21)15-7-3-13(4-8-15)9-11-18-10-1-2-16(18)12-17-14-5-6-14/h1-4,7-8,10,14,17H,5-6,9,11-12H2. The number of aryl methyl sites for hydroxylation is 2. The van der Waals surface area contributed by atoms with E-state index in [0.717, 1.165) is 25.1 Å². The molecule has 0 atom stereocenters. The third-order valence-electron chi connectivity index (χ3n) is 3.86. The average molecular weight is 285 g/mol. The van der Waals surface area contributed by atoms with Gasteiger partial charge in [-0.15, -0.1) is 0 Å². The number of rotatable bonds is 7. The number of nitrogens with zero attached hydrogens (tertiary/aromatic N) is 2. The minimum absolute atomic E-state index is 0.147. The quantitative estimate of drug-likeness (QED) is 0.628. The number of hydrogen-bond donors (Lipinski definition) is 1. The monoisotopic (exact) mass is 285 g/mol. The first-order valence-electron chi connectivity index (χ1n) is 7.33. The minimum Gasteiger partial charge on any atom is -0.350 e. The van der Waals surface area contributed by atoms with E-state index in [4.69, 9.17) is 0 Å². The molecule has 1 aliphatic rings. The maximum Gasteiger partial charge on any atom is 0.269 e. The van der Waals surface area contributed by atoms with Crippen LogP contribution in [0.15, 0.2) is 42.6 Å². The molecule has 1 saturated carbocycles. The Morgan fingerprint density at radius 3 is 2.67 bits per heavy atom. The third-order valence-corrected chi connectivity index (χ3v) is 3.86. The first kappa shape index (κ1) is 13.8. The molecule has 0 unspecified atom stereocenters. The van der Waals surface area contributed by atoms with E-state index in [9.17, 15) is 10.1 Å². The lowest BCUT2D eigenvalue weighted by Crippen LogP contribution is -2.18. The van der Waals surface area contributed by atoms with Crippen LogP contribution < -0.4 is 5.32 Å². The van der Waals surface area contributed by atoms with Crippen LogP contribution >= 0.6 is 0 Å². The van der Waals surface area contributed by atoms with Crippen LogP contribution in [0.1, 0.15) is 24.1 Å². The average Bonchev–Trinajstić information content (AvgIpc) is 3.21. The zero-order valence-electron chi connectivity index (χ0n) is 11.9. The number of nitro groups is 1. The van der Waals surface area contributed by atoms with Crippen molar-refractivity contribution in [1.82, 2.24) is 9.88 Å². The van der Waals surface area contributed by atoms with E-state index in [1.807, 2.05) is 12.1 Å². The molecule has 0 aliphatic heterocycles. The summed E-state index contributed by atoms with van der Waals surface area (Å²) in [5.74, 6) is 0. The zero-order valence-corrected chi connectivity index (χ0v) is 11.9. The Kier molecular flexibility index (Phi) is 4.01. The summed E-state index contributed by atoms with van der Waals surface area (Å²) in [6, 6.07) is 11.7. The molecule has 0 amide bonds. The summed E-state index contributed by atoms with van der Waals surface area (Å²) in [6.45, 7) is 1.81. The molecule has 1 heterocycles. The summed E-state index contributed by atoms with van der Waals surface area (Å²) in [6.07, 6.45) is 5.56. The number of aromatic nitrogens is 1. The summed E-state index contributed by atoms with van der Waals surface area (Å²) < 4.78 is 2.25. The fourth-order valence-electron chi connectivity index (χ4n) is 2.40. The number of benzene rings is 1. The lowest BCUT2D eigenvalue weighted by atomic mass is 10.1. The van der Waals surface area contributed by atoms with Crippen LogP contribution in [0.25, 0.3) is 0 Å². The maximum absolute atomic E-state index is 10.6. The molecule has 1 fully saturated rings. The third kappa shape index (κ3) is 3.70. The van der Waals surface area contributed by atoms with Crippen molar-refractivity contribution in [2.24, 2.45) is 0 Å². The van der Waals surface area contributed by atoms with Crippen LogP contribution in [-0.4, -0.2) is 15.5 Å². The van der Waals surface area contributed by atoms with Gasteiger partial charge in [0, 0.05) is 43.2 Å². The summed E-state index contributed by atoms with van der Waals surface area (Å²) in [4.78, 5) is 10.3. The molecule has 1 aliphatic carbocycles. The molecule has 0 radical (unpaired) electrons. The van der Waals surface area contributed by atoms with Crippen LogP contribution in [0.5, 0.6) is 0 Å². The van der Waals surface area contributed by atoms with Crippen molar-refractivity contribution in [3.05, 3.63) is 64.0 Å². The maximum atomic E-state index is 10.6. The Morgan fingerprint density at radius 1 is 1.24 bits per heavy atom. The van der Waals surface area contributed by atoms with Crippen LogP contribution in [-0.2, 0) is 19.5 Å². The fraction of sp³-hybridized carbons (Fsp3) is 0.375. The van der Waals surface area contributed by atoms with E-state index in [1.54, 1.807) is 12.1 Å². The summed E-state index contributed by atoms with van der Waals surface area (Å²) in [5, 5.41) is 14.1. The van der Waals surface area contributed by atoms with Gasteiger partial charge in [0.2, 0.25) is 0 Å². The molecule has 110 valence electrons. The van der Waals surface area contributed by atoms with Crippen molar-refractivity contribution in [1.29, 1.82) is 0 Å². The molecular weight excluding hydrogens is 266 g/mol. The van der Waals surface area contributed by atoms with Gasteiger partial charge in [-0.1, -0.05) is 12.1 Å². The van der Waals surface area contributed by atoms with Gasteiger partial charge >= 0.3 is 0 Å². The van der Waals surface area contributed by atoms with Gasteiger partial charge in [0.05, 0.1) is 4.92 Å². The highest BCUT2D eigenvalue weighted by Crippen LogP contribution is 2.19. The lowest BCUT2D eigenvalue weighted by molar-refractivity contribution is -0.384. The normalized spacial score (nSPS) is 14.3. The van der Waals surface area contributed by atoms with Gasteiger partial charge < -0.3 is 9.88 Å². The number of hydrogen-bond acceptors (Lipinski definition) is 3. The molecular formula is C16H19N3O2. The van der Waals surface area contributed by atoms with Gasteiger partial charge in [0.15, 0.2) is 0 Å². The van der Waals surface area contributed by atoms with E-state index >= 15 is 0 Å². The second-order valence-electron chi connectivity index (χ2n) is 5.52. The van der Waals surface area contributed by atoms with E-state index in [2.05, 4.69) is 28.2 Å². The Labute approximate surface area is 123 Å². The van der Waals surface area contributed by atoms with Crippen molar-refractivity contribution in [2.45, 2.75) is 38.4 Å². The molecule has 1 aromatic carbocycles. The molecule has 0 spiro atoms. The van der Waals surface area contributed by atoms with E-state index in [0.29, 0.717) is 6.04 Å². The summed E-state index contributed by atoms with van der Waals surface area (Å²) in [5.41, 5.74) is 2.56. The van der Waals surface area contributed by atoms with Gasteiger partial charge in [0.1, 0.15) is 0 Å². The van der Waals surface area contributed by atoms with Gasteiger partial charge in [-0.05, 0) is 37.0 Å².